The number of methoxy groups -OCH3 is 1. The topological polar surface area (TPSA) is 28.1 Å². The zero-order valence-corrected chi connectivity index (χ0v) is 15.6. The highest BCUT2D eigenvalue weighted by Gasteiger charge is 2.11. The lowest BCUT2D eigenvalue weighted by atomic mass is 10.0. The van der Waals surface area contributed by atoms with Gasteiger partial charge in [-0.25, -0.2) is 0 Å². The number of benzene rings is 1. The summed E-state index contributed by atoms with van der Waals surface area (Å²) in [6.07, 6.45) is 0. The van der Waals surface area contributed by atoms with E-state index in [0.29, 0.717) is 5.92 Å². The van der Waals surface area contributed by atoms with Gasteiger partial charge in [-0.1, -0.05) is 25.1 Å². The largest absolute Gasteiger partial charge is 0.496 e. The van der Waals surface area contributed by atoms with Crippen molar-refractivity contribution >= 4 is 29.9 Å². The van der Waals surface area contributed by atoms with Crippen LogP contribution < -0.4 is 4.74 Å². The van der Waals surface area contributed by atoms with Crippen molar-refractivity contribution in [2.75, 3.05) is 41.8 Å². The summed E-state index contributed by atoms with van der Waals surface area (Å²) >= 11 is 0. The second-order valence-electron chi connectivity index (χ2n) is 5.07. The molecule has 1 aromatic rings. The molecule has 1 unspecified atom stereocenters. The first kappa shape index (κ1) is 19.0. The Labute approximate surface area is 139 Å². The molecule has 0 aromatic heterocycles. The zero-order chi connectivity index (χ0) is 14.4. The van der Waals surface area contributed by atoms with E-state index in [1.165, 1.54) is 5.56 Å². The quantitative estimate of drug-likeness (QED) is 0.449. The summed E-state index contributed by atoms with van der Waals surface area (Å²) in [7, 11) is 9.73. The minimum absolute atomic E-state index is 0. The SMILES string of the molecule is COc1ccccc1C(C)CN=C(N(C)C)N(C)C.I. The average molecular weight is 391 g/mol. The monoisotopic (exact) mass is 391 g/mol. The maximum absolute atomic E-state index is 5.40. The van der Waals surface area contributed by atoms with Crippen molar-refractivity contribution < 1.29 is 4.74 Å². The second kappa shape index (κ2) is 9.05. The summed E-state index contributed by atoms with van der Waals surface area (Å²) in [5.41, 5.74) is 1.20. The van der Waals surface area contributed by atoms with Crippen molar-refractivity contribution in [1.29, 1.82) is 0 Å². The Bertz CT molecular complexity index is 423. The van der Waals surface area contributed by atoms with Crippen molar-refractivity contribution in [3.05, 3.63) is 29.8 Å². The summed E-state index contributed by atoms with van der Waals surface area (Å²) < 4.78 is 5.40. The van der Waals surface area contributed by atoms with Crippen LogP contribution in [-0.4, -0.2) is 57.6 Å². The smallest absolute Gasteiger partial charge is 0.195 e. The van der Waals surface area contributed by atoms with Gasteiger partial charge in [0.1, 0.15) is 5.75 Å². The predicted octanol–water partition coefficient (Wildman–Crippen LogP) is 2.90. The molecule has 114 valence electrons. The van der Waals surface area contributed by atoms with E-state index in [-0.39, 0.29) is 24.0 Å². The first-order valence-electron chi connectivity index (χ1n) is 6.49. The summed E-state index contributed by atoms with van der Waals surface area (Å²) in [5, 5.41) is 0. The molecule has 1 aromatic carbocycles. The van der Waals surface area contributed by atoms with Crippen LogP contribution in [0.4, 0.5) is 0 Å². The summed E-state index contributed by atoms with van der Waals surface area (Å²) in [6, 6.07) is 8.12. The van der Waals surface area contributed by atoms with Crippen molar-refractivity contribution in [2.24, 2.45) is 4.99 Å². The fourth-order valence-corrected chi connectivity index (χ4v) is 2.07. The van der Waals surface area contributed by atoms with E-state index >= 15 is 0 Å². The molecule has 0 saturated carbocycles. The zero-order valence-electron chi connectivity index (χ0n) is 13.3. The Balaban J connectivity index is 0.00000361. The van der Waals surface area contributed by atoms with Crippen molar-refractivity contribution in [1.82, 2.24) is 9.80 Å². The van der Waals surface area contributed by atoms with Crippen molar-refractivity contribution in [3.8, 4) is 5.75 Å². The highest BCUT2D eigenvalue weighted by molar-refractivity contribution is 14.0. The molecule has 0 heterocycles. The normalized spacial score (nSPS) is 11.1. The van der Waals surface area contributed by atoms with Crippen LogP contribution in [-0.2, 0) is 0 Å². The molecule has 0 radical (unpaired) electrons. The standard InChI is InChI=1S/C15H25N3O.HI/c1-12(11-16-15(17(2)3)18(4)5)13-9-7-8-10-14(13)19-6;/h7-10,12H,11H2,1-6H3;1H. The Morgan fingerprint density at radius 2 is 1.70 bits per heavy atom. The van der Waals surface area contributed by atoms with Gasteiger partial charge in [-0.3, -0.25) is 4.99 Å². The fourth-order valence-electron chi connectivity index (χ4n) is 2.07. The second-order valence-corrected chi connectivity index (χ2v) is 5.07. The van der Waals surface area contributed by atoms with Crippen molar-refractivity contribution in [3.63, 3.8) is 0 Å². The number of hydrogen-bond donors (Lipinski definition) is 0. The molecule has 5 heteroatoms. The van der Waals surface area contributed by atoms with Crippen LogP contribution in [0.1, 0.15) is 18.4 Å². The van der Waals surface area contributed by atoms with E-state index in [1.54, 1.807) is 7.11 Å². The van der Waals surface area contributed by atoms with Crippen molar-refractivity contribution in [2.45, 2.75) is 12.8 Å². The molecule has 0 spiro atoms. The Hall–Kier alpha value is -0.980. The van der Waals surface area contributed by atoms with Gasteiger partial charge in [-0.05, 0) is 11.6 Å². The number of guanidine groups is 1. The van der Waals surface area contributed by atoms with E-state index in [0.717, 1.165) is 18.3 Å². The molecule has 0 aliphatic heterocycles. The van der Waals surface area contributed by atoms with E-state index < -0.39 is 0 Å². The number of para-hydroxylation sites is 1. The predicted molar refractivity (Wildman–Crippen MR) is 96.5 cm³/mol. The minimum Gasteiger partial charge on any atom is -0.496 e. The highest BCUT2D eigenvalue weighted by Crippen LogP contribution is 2.26. The number of hydrogen-bond acceptors (Lipinski definition) is 2. The molecule has 0 aliphatic rings. The molecule has 0 amide bonds. The Morgan fingerprint density at radius 1 is 1.15 bits per heavy atom. The summed E-state index contributed by atoms with van der Waals surface area (Å²) in [4.78, 5) is 8.73. The van der Waals surface area contributed by atoms with Gasteiger partial charge in [0.2, 0.25) is 0 Å². The van der Waals surface area contributed by atoms with E-state index in [2.05, 4.69) is 18.0 Å². The third kappa shape index (κ3) is 5.19. The van der Waals surface area contributed by atoms with Gasteiger partial charge in [0.25, 0.3) is 0 Å². The van der Waals surface area contributed by atoms with E-state index in [1.807, 2.05) is 56.2 Å². The van der Waals surface area contributed by atoms with Gasteiger partial charge in [-0.2, -0.15) is 0 Å². The van der Waals surface area contributed by atoms with Gasteiger partial charge in [0, 0.05) is 40.7 Å². The maximum Gasteiger partial charge on any atom is 0.195 e. The Kier molecular flexibility index (Phi) is 8.60. The number of rotatable bonds is 4. The fraction of sp³-hybridized carbons (Fsp3) is 0.533. The first-order valence-corrected chi connectivity index (χ1v) is 6.49. The lowest BCUT2D eigenvalue weighted by molar-refractivity contribution is 0.406. The lowest BCUT2D eigenvalue weighted by Gasteiger charge is -2.23. The molecule has 0 saturated heterocycles. The molecule has 1 atom stereocenters. The van der Waals surface area contributed by atoms with Gasteiger partial charge >= 0.3 is 0 Å². The molecule has 0 fully saturated rings. The van der Waals surface area contributed by atoms with Crippen LogP contribution in [0.25, 0.3) is 0 Å². The molecule has 1 rings (SSSR count). The van der Waals surface area contributed by atoms with Crippen LogP contribution in [0.3, 0.4) is 0 Å². The van der Waals surface area contributed by atoms with Gasteiger partial charge in [0.15, 0.2) is 5.96 Å². The number of aliphatic imine (C=N–C) groups is 1. The molecule has 4 nitrogen and oxygen atoms in total. The maximum atomic E-state index is 5.40. The van der Waals surface area contributed by atoms with Gasteiger partial charge in [0.05, 0.1) is 7.11 Å². The first-order chi connectivity index (χ1) is 8.97. The molecule has 0 aliphatic carbocycles. The average Bonchev–Trinajstić information content (AvgIpc) is 2.37. The number of halogens is 1. The van der Waals surface area contributed by atoms with E-state index in [4.69, 9.17) is 4.74 Å². The molecule has 0 N–H and O–H groups in total. The number of nitrogens with zero attached hydrogens (tertiary/aromatic N) is 3. The molecular formula is C15H26IN3O. The third-order valence-corrected chi connectivity index (χ3v) is 2.98. The summed E-state index contributed by atoms with van der Waals surface area (Å²) in [5.74, 6) is 2.23. The summed E-state index contributed by atoms with van der Waals surface area (Å²) in [6.45, 7) is 2.91. The highest BCUT2D eigenvalue weighted by atomic mass is 127. The minimum atomic E-state index is 0. The van der Waals surface area contributed by atoms with Crippen LogP contribution in [0.15, 0.2) is 29.3 Å². The van der Waals surface area contributed by atoms with Gasteiger partial charge < -0.3 is 14.5 Å². The molecular weight excluding hydrogens is 365 g/mol. The lowest BCUT2D eigenvalue weighted by Crippen LogP contribution is -2.35. The van der Waals surface area contributed by atoms with Crippen LogP contribution in [0.5, 0.6) is 5.75 Å². The number of ether oxygens (including phenoxy) is 1. The Morgan fingerprint density at radius 3 is 2.20 bits per heavy atom. The van der Waals surface area contributed by atoms with Crippen LogP contribution in [0, 0.1) is 0 Å². The van der Waals surface area contributed by atoms with E-state index in [9.17, 15) is 0 Å². The van der Waals surface area contributed by atoms with Gasteiger partial charge in [-0.15, -0.1) is 24.0 Å². The van der Waals surface area contributed by atoms with Crippen LogP contribution in [0.2, 0.25) is 0 Å². The van der Waals surface area contributed by atoms with Crippen LogP contribution >= 0.6 is 24.0 Å². The molecule has 0 bridgehead atoms. The molecule has 20 heavy (non-hydrogen) atoms. The third-order valence-electron chi connectivity index (χ3n) is 2.98.